The number of nitrogens with one attached hydrogen (secondary N) is 3. The van der Waals surface area contributed by atoms with Crippen molar-refractivity contribution in [2.45, 2.75) is 43.2 Å². The van der Waals surface area contributed by atoms with Gasteiger partial charge in [0, 0.05) is 49.6 Å². The van der Waals surface area contributed by atoms with Crippen molar-refractivity contribution in [3.05, 3.63) is 48.0 Å². The van der Waals surface area contributed by atoms with E-state index in [2.05, 4.69) is 20.6 Å². The van der Waals surface area contributed by atoms with E-state index in [1.165, 1.54) is 6.92 Å². The van der Waals surface area contributed by atoms with E-state index >= 15 is 0 Å². The Hall–Kier alpha value is -3.24. The molecule has 2 aromatic rings. The molecule has 196 valence electrons. The number of Topliss-reactive ketones (excluding diaryl/α,β-unsaturated/α-hetero) is 1. The molecular weight excluding hydrogens is 519 g/mol. The first-order valence-corrected chi connectivity index (χ1v) is 12.7. The van der Waals surface area contributed by atoms with Gasteiger partial charge in [0.2, 0.25) is 11.8 Å². The molecule has 2 heterocycles. The number of alkyl halides is 2. The molecule has 2 aliphatic rings. The van der Waals surface area contributed by atoms with Crippen molar-refractivity contribution in [3.63, 3.8) is 0 Å². The number of aromatic nitrogens is 2. The van der Waals surface area contributed by atoms with Crippen molar-refractivity contribution in [2.75, 3.05) is 25.0 Å². The maximum Gasteiger partial charge on any atom is 0.242 e. The molecule has 1 aliphatic carbocycles. The van der Waals surface area contributed by atoms with Crippen LogP contribution < -0.4 is 15.4 Å². The van der Waals surface area contributed by atoms with Crippen molar-refractivity contribution < 1.29 is 19.1 Å². The van der Waals surface area contributed by atoms with Gasteiger partial charge in [-0.25, -0.2) is 9.97 Å². The molecule has 0 bridgehead atoms. The van der Waals surface area contributed by atoms with Gasteiger partial charge in [0.1, 0.15) is 28.4 Å². The first-order valence-electron chi connectivity index (χ1n) is 12.0. The molecule has 1 saturated carbocycles. The van der Waals surface area contributed by atoms with E-state index in [1.54, 1.807) is 41.6 Å². The number of ether oxygens (including phenoxy) is 1. The maximum absolute atomic E-state index is 13.0. The van der Waals surface area contributed by atoms with Crippen LogP contribution in [0.1, 0.15) is 37.6 Å². The van der Waals surface area contributed by atoms with Gasteiger partial charge >= 0.3 is 0 Å². The highest BCUT2D eigenvalue weighted by Crippen LogP contribution is 2.52. The molecule has 37 heavy (non-hydrogen) atoms. The summed E-state index contributed by atoms with van der Waals surface area (Å²) in [6.07, 6.45) is 5.15. The van der Waals surface area contributed by atoms with Gasteiger partial charge in [-0.3, -0.25) is 19.8 Å². The van der Waals surface area contributed by atoms with E-state index in [-0.39, 0.29) is 36.6 Å². The number of ketones is 1. The van der Waals surface area contributed by atoms with E-state index in [4.69, 9.17) is 33.3 Å². The molecule has 0 spiro atoms. The second-order valence-electron chi connectivity index (χ2n) is 9.10. The van der Waals surface area contributed by atoms with Crippen molar-refractivity contribution in [1.29, 1.82) is 5.41 Å². The fourth-order valence-corrected chi connectivity index (χ4v) is 4.69. The quantitative estimate of drug-likeness (QED) is 0.291. The second kappa shape index (κ2) is 11.4. The molecule has 2 unspecified atom stereocenters. The normalized spacial score (nSPS) is 19.7. The number of anilines is 1. The second-order valence-corrected chi connectivity index (χ2v) is 10.6. The monoisotopic (exact) mass is 546 g/mol. The fourth-order valence-electron chi connectivity index (χ4n) is 4.16. The standard InChI is InChI=1S/C25H28Cl2N6O4/c1-15(34)23(28)18-10-17(37-14-21-29-7-3-8-30-21)5-6-19(18)31-13-22(35)33-9-2-4-20(33)24(36)32-12-16-11-25(16,26)27/h3,5-8,10,16,20,28,31H,2,4,9,11-14H2,1H3,(H,32,36). The van der Waals surface area contributed by atoms with E-state index in [0.717, 1.165) is 6.42 Å². The molecule has 2 amide bonds. The van der Waals surface area contributed by atoms with Crippen LogP contribution in [-0.4, -0.2) is 68.2 Å². The third kappa shape index (κ3) is 6.75. The number of amides is 2. The minimum atomic E-state index is -0.774. The Morgan fingerprint density at radius 3 is 2.65 bits per heavy atom. The fraction of sp³-hybridized carbons (Fsp3) is 0.440. The molecule has 1 aromatic heterocycles. The highest BCUT2D eigenvalue weighted by atomic mass is 35.5. The first-order chi connectivity index (χ1) is 17.7. The summed E-state index contributed by atoms with van der Waals surface area (Å²) >= 11 is 12.1. The van der Waals surface area contributed by atoms with Crippen molar-refractivity contribution in [3.8, 4) is 5.75 Å². The maximum atomic E-state index is 13.0. The van der Waals surface area contributed by atoms with Crippen LogP contribution in [0.2, 0.25) is 0 Å². The van der Waals surface area contributed by atoms with Crippen LogP contribution in [0.3, 0.4) is 0 Å². The van der Waals surface area contributed by atoms with Crippen LogP contribution in [-0.2, 0) is 21.0 Å². The van der Waals surface area contributed by atoms with E-state index in [0.29, 0.717) is 48.8 Å². The lowest BCUT2D eigenvalue weighted by Gasteiger charge is -2.24. The van der Waals surface area contributed by atoms with Crippen LogP contribution in [0.25, 0.3) is 0 Å². The van der Waals surface area contributed by atoms with Crippen molar-refractivity contribution in [2.24, 2.45) is 5.92 Å². The molecule has 4 rings (SSSR count). The van der Waals surface area contributed by atoms with Gasteiger partial charge in [-0.2, -0.15) is 0 Å². The summed E-state index contributed by atoms with van der Waals surface area (Å²) < 4.78 is 4.95. The number of benzene rings is 1. The number of carbonyl (C=O) groups is 3. The minimum Gasteiger partial charge on any atom is -0.486 e. The number of carbonyl (C=O) groups excluding carboxylic acids is 3. The molecule has 1 aromatic carbocycles. The number of hydrogen-bond donors (Lipinski definition) is 3. The summed E-state index contributed by atoms with van der Waals surface area (Å²) in [5, 5.41) is 14.1. The third-order valence-electron chi connectivity index (χ3n) is 6.38. The lowest BCUT2D eigenvalue weighted by molar-refractivity contribution is -0.137. The van der Waals surface area contributed by atoms with Crippen LogP contribution in [0, 0.1) is 11.3 Å². The van der Waals surface area contributed by atoms with Gasteiger partial charge < -0.3 is 20.3 Å². The summed E-state index contributed by atoms with van der Waals surface area (Å²) in [5.41, 5.74) is 0.522. The highest BCUT2D eigenvalue weighted by molar-refractivity contribution is 6.50. The molecule has 3 N–H and O–H groups in total. The predicted octanol–water partition coefficient (Wildman–Crippen LogP) is 2.73. The van der Waals surface area contributed by atoms with Crippen LogP contribution in [0.5, 0.6) is 5.75 Å². The smallest absolute Gasteiger partial charge is 0.242 e. The van der Waals surface area contributed by atoms with Gasteiger partial charge in [0.15, 0.2) is 11.6 Å². The summed E-state index contributed by atoms with van der Waals surface area (Å²) in [7, 11) is 0. The van der Waals surface area contributed by atoms with Crippen LogP contribution in [0.15, 0.2) is 36.7 Å². The SMILES string of the molecule is CC(=O)C(=N)c1cc(OCc2ncccn2)ccc1NCC(=O)N1CCCC1C(=O)NCC1CC1(Cl)Cl. The molecule has 1 saturated heterocycles. The van der Waals surface area contributed by atoms with Crippen molar-refractivity contribution in [1.82, 2.24) is 20.2 Å². The third-order valence-corrected chi connectivity index (χ3v) is 7.31. The lowest BCUT2D eigenvalue weighted by atomic mass is 10.0. The van der Waals surface area contributed by atoms with Gasteiger partial charge in [0.05, 0.1) is 6.54 Å². The average molecular weight is 547 g/mol. The van der Waals surface area contributed by atoms with Crippen LogP contribution >= 0.6 is 23.2 Å². The molecule has 2 atom stereocenters. The Morgan fingerprint density at radius 2 is 1.97 bits per heavy atom. The Balaban J connectivity index is 1.38. The molecule has 12 heteroatoms. The molecule has 2 fully saturated rings. The van der Waals surface area contributed by atoms with Crippen LogP contribution in [0.4, 0.5) is 5.69 Å². The number of hydrogen-bond acceptors (Lipinski definition) is 8. The number of rotatable bonds is 11. The molecule has 0 radical (unpaired) electrons. The zero-order valence-corrected chi connectivity index (χ0v) is 21.8. The Labute approximate surface area is 224 Å². The largest absolute Gasteiger partial charge is 0.486 e. The molecular formula is C25H28Cl2N6O4. The zero-order valence-electron chi connectivity index (χ0n) is 20.3. The minimum absolute atomic E-state index is 0.0224. The number of halogens is 2. The number of nitrogens with zero attached hydrogens (tertiary/aromatic N) is 3. The Kier molecular flexibility index (Phi) is 8.29. The topological polar surface area (TPSA) is 137 Å². The predicted molar refractivity (Wildman–Crippen MR) is 139 cm³/mol. The van der Waals surface area contributed by atoms with Crippen molar-refractivity contribution >= 4 is 52.2 Å². The Morgan fingerprint density at radius 1 is 1.24 bits per heavy atom. The molecule has 10 nitrogen and oxygen atoms in total. The summed E-state index contributed by atoms with van der Waals surface area (Å²) in [5.74, 6) is 0.0383. The molecule has 1 aliphatic heterocycles. The van der Waals surface area contributed by atoms with E-state index in [9.17, 15) is 14.4 Å². The highest BCUT2D eigenvalue weighted by Gasteiger charge is 2.51. The van der Waals surface area contributed by atoms with E-state index in [1.807, 2.05) is 0 Å². The Bertz CT molecular complexity index is 1190. The van der Waals surface area contributed by atoms with Gasteiger partial charge in [-0.05, 0) is 43.5 Å². The zero-order chi connectivity index (χ0) is 26.6. The van der Waals surface area contributed by atoms with E-state index < -0.39 is 16.2 Å². The number of likely N-dealkylation sites (tertiary alicyclic amines) is 1. The van der Waals surface area contributed by atoms with Gasteiger partial charge in [0.25, 0.3) is 0 Å². The van der Waals surface area contributed by atoms with Gasteiger partial charge in [-0.1, -0.05) is 0 Å². The lowest BCUT2D eigenvalue weighted by Crippen LogP contribution is -2.48. The van der Waals surface area contributed by atoms with Gasteiger partial charge in [-0.15, -0.1) is 23.2 Å². The summed E-state index contributed by atoms with van der Waals surface area (Å²) in [4.78, 5) is 47.4. The first kappa shape index (κ1) is 26.8. The summed E-state index contributed by atoms with van der Waals surface area (Å²) in [6.45, 7) is 2.17. The summed E-state index contributed by atoms with van der Waals surface area (Å²) in [6, 6.07) is 6.03. The average Bonchev–Trinajstić information content (AvgIpc) is 3.26.